The number of carbonyl (C=O) groups is 2. The fourth-order valence-electron chi connectivity index (χ4n) is 3.90. The molecule has 5 heteroatoms. The summed E-state index contributed by atoms with van der Waals surface area (Å²) in [4.78, 5) is 25.0. The Balaban J connectivity index is 1.38. The number of halogens is 1. The van der Waals surface area contributed by atoms with E-state index in [1.165, 1.54) is 12.1 Å². The summed E-state index contributed by atoms with van der Waals surface area (Å²) in [5.41, 5.74) is 2.09. The molecule has 0 aliphatic heterocycles. The zero-order valence-electron chi connectivity index (χ0n) is 16.9. The zero-order chi connectivity index (χ0) is 20.6. The van der Waals surface area contributed by atoms with Gasteiger partial charge in [-0.15, -0.1) is 0 Å². The SMILES string of the molecule is CC(NC(=O)C1CCC(C(=O)NCCc2ccc(F)cc2)CC1)c1ccccc1. The van der Waals surface area contributed by atoms with Crippen molar-refractivity contribution in [2.75, 3.05) is 6.54 Å². The monoisotopic (exact) mass is 396 g/mol. The Morgan fingerprint density at radius 3 is 2.14 bits per heavy atom. The Morgan fingerprint density at radius 1 is 0.931 bits per heavy atom. The summed E-state index contributed by atoms with van der Waals surface area (Å²) < 4.78 is 12.9. The van der Waals surface area contributed by atoms with E-state index in [0.29, 0.717) is 13.0 Å². The van der Waals surface area contributed by atoms with Crippen LogP contribution >= 0.6 is 0 Å². The van der Waals surface area contributed by atoms with E-state index >= 15 is 0 Å². The van der Waals surface area contributed by atoms with E-state index in [-0.39, 0.29) is 35.5 Å². The van der Waals surface area contributed by atoms with Gasteiger partial charge in [-0.2, -0.15) is 0 Å². The van der Waals surface area contributed by atoms with Crippen molar-refractivity contribution in [1.82, 2.24) is 10.6 Å². The van der Waals surface area contributed by atoms with Gasteiger partial charge in [0.05, 0.1) is 6.04 Å². The average Bonchev–Trinajstić information content (AvgIpc) is 2.75. The fraction of sp³-hybridized carbons (Fsp3) is 0.417. The molecule has 0 radical (unpaired) electrons. The van der Waals surface area contributed by atoms with Crippen molar-refractivity contribution in [3.05, 3.63) is 71.5 Å². The van der Waals surface area contributed by atoms with E-state index in [1.807, 2.05) is 37.3 Å². The van der Waals surface area contributed by atoms with Crippen LogP contribution in [0.5, 0.6) is 0 Å². The van der Waals surface area contributed by atoms with Crippen LogP contribution < -0.4 is 10.6 Å². The van der Waals surface area contributed by atoms with Gasteiger partial charge in [0.1, 0.15) is 5.82 Å². The quantitative estimate of drug-likeness (QED) is 0.738. The predicted molar refractivity (Wildman–Crippen MR) is 112 cm³/mol. The highest BCUT2D eigenvalue weighted by atomic mass is 19.1. The van der Waals surface area contributed by atoms with Crippen LogP contribution in [0.2, 0.25) is 0 Å². The van der Waals surface area contributed by atoms with Crippen LogP contribution in [-0.2, 0) is 16.0 Å². The van der Waals surface area contributed by atoms with Crippen molar-refractivity contribution in [2.24, 2.45) is 11.8 Å². The maximum atomic E-state index is 12.9. The van der Waals surface area contributed by atoms with Gasteiger partial charge in [-0.05, 0) is 62.3 Å². The standard InChI is InChI=1S/C24H29FN2O2/c1-17(19-5-3-2-4-6-19)27-24(29)21-11-9-20(10-12-21)23(28)26-16-15-18-7-13-22(25)14-8-18/h2-8,13-14,17,20-21H,9-12,15-16H2,1H3,(H,26,28)(H,27,29). The van der Waals surface area contributed by atoms with Crippen molar-refractivity contribution in [3.8, 4) is 0 Å². The lowest BCUT2D eigenvalue weighted by atomic mass is 9.81. The molecule has 1 fully saturated rings. The summed E-state index contributed by atoms with van der Waals surface area (Å²) in [6, 6.07) is 16.3. The fourth-order valence-corrected chi connectivity index (χ4v) is 3.90. The molecular formula is C24H29FN2O2. The summed E-state index contributed by atoms with van der Waals surface area (Å²) in [7, 11) is 0. The number of rotatable bonds is 7. The van der Waals surface area contributed by atoms with Crippen LogP contribution in [0.4, 0.5) is 4.39 Å². The molecular weight excluding hydrogens is 367 g/mol. The van der Waals surface area contributed by atoms with Gasteiger partial charge in [0, 0.05) is 18.4 Å². The van der Waals surface area contributed by atoms with Gasteiger partial charge in [0.15, 0.2) is 0 Å². The molecule has 0 aromatic heterocycles. The molecule has 1 saturated carbocycles. The summed E-state index contributed by atoms with van der Waals surface area (Å²) in [6.07, 6.45) is 3.63. The number of hydrogen-bond donors (Lipinski definition) is 2. The van der Waals surface area contributed by atoms with Crippen LogP contribution in [0, 0.1) is 17.7 Å². The largest absolute Gasteiger partial charge is 0.356 e. The highest BCUT2D eigenvalue weighted by Gasteiger charge is 2.30. The molecule has 0 saturated heterocycles. The van der Waals surface area contributed by atoms with Crippen molar-refractivity contribution in [1.29, 1.82) is 0 Å². The Hall–Kier alpha value is -2.69. The average molecular weight is 397 g/mol. The van der Waals surface area contributed by atoms with E-state index < -0.39 is 0 Å². The lowest BCUT2D eigenvalue weighted by Gasteiger charge is -2.28. The first kappa shape index (κ1) is 21.0. The number of nitrogens with one attached hydrogen (secondary N) is 2. The number of benzene rings is 2. The predicted octanol–water partition coefficient (Wildman–Crippen LogP) is 4.17. The summed E-state index contributed by atoms with van der Waals surface area (Å²) in [5.74, 6) is -0.167. The van der Waals surface area contributed by atoms with E-state index in [9.17, 15) is 14.0 Å². The molecule has 1 aliphatic carbocycles. The van der Waals surface area contributed by atoms with Gasteiger partial charge in [-0.25, -0.2) is 4.39 Å². The molecule has 2 aromatic rings. The summed E-state index contributed by atoms with van der Waals surface area (Å²) >= 11 is 0. The molecule has 4 nitrogen and oxygen atoms in total. The first-order valence-electron chi connectivity index (χ1n) is 10.4. The van der Waals surface area contributed by atoms with E-state index in [4.69, 9.17) is 0 Å². The topological polar surface area (TPSA) is 58.2 Å². The van der Waals surface area contributed by atoms with Gasteiger partial charge in [-0.3, -0.25) is 9.59 Å². The Morgan fingerprint density at radius 2 is 1.52 bits per heavy atom. The normalized spacial score (nSPS) is 19.9. The Bertz CT molecular complexity index is 799. The second kappa shape index (κ2) is 10.2. The van der Waals surface area contributed by atoms with Crippen molar-refractivity contribution < 1.29 is 14.0 Å². The Kier molecular flexibility index (Phi) is 7.39. The molecule has 0 spiro atoms. The lowest BCUT2D eigenvalue weighted by molar-refractivity contribution is -0.130. The van der Waals surface area contributed by atoms with Crippen LogP contribution in [0.25, 0.3) is 0 Å². The van der Waals surface area contributed by atoms with Crippen molar-refractivity contribution in [3.63, 3.8) is 0 Å². The van der Waals surface area contributed by atoms with Crippen LogP contribution in [0.1, 0.15) is 49.8 Å². The first-order valence-corrected chi connectivity index (χ1v) is 10.4. The number of amides is 2. The van der Waals surface area contributed by atoms with Crippen LogP contribution in [0.3, 0.4) is 0 Å². The van der Waals surface area contributed by atoms with E-state index in [0.717, 1.165) is 36.8 Å². The maximum absolute atomic E-state index is 12.9. The molecule has 1 unspecified atom stereocenters. The van der Waals surface area contributed by atoms with Crippen molar-refractivity contribution >= 4 is 11.8 Å². The molecule has 2 N–H and O–H groups in total. The number of carbonyl (C=O) groups excluding carboxylic acids is 2. The molecule has 154 valence electrons. The van der Waals surface area contributed by atoms with E-state index in [1.54, 1.807) is 12.1 Å². The molecule has 0 heterocycles. The third kappa shape index (κ3) is 6.14. The summed E-state index contributed by atoms with van der Waals surface area (Å²) in [5, 5.41) is 6.08. The third-order valence-corrected chi connectivity index (χ3v) is 5.75. The van der Waals surface area contributed by atoms with Crippen LogP contribution in [-0.4, -0.2) is 18.4 Å². The second-order valence-electron chi connectivity index (χ2n) is 7.86. The molecule has 1 atom stereocenters. The maximum Gasteiger partial charge on any atom is 0.223 e. The van der Waals surface area contributed by atoms with E-state index in [2.05, 4.69) is 10.6 Å². The Labute approximate surface area is 171 Å². The minimum Gasteiger partial charge on any atom is -0.356 e. The highest BCUT2D eigenvalue weighted by Crippen LogP contribution is 2.29. The van der Waals surface area contributed by atoms with Crippen LogP contribution in [0.15, 0.2) is 54.6 Å². The van der Waals surface area contributed by atoms with Gasteiger partial charge in [0.25, 0.3) is 0 Å². The zero-order valence-corrected chi connectivity index (χ0v) is 16.9. The molecule has 2 aromatic carbocycles. The number of hydrogen-bond acceptors (Lipinski definition) is 2. The third-order valence-electron chi connectivity index (χ3n) is 5.75. The molecule has 29 heavy (non-hydrogen) atoms. The molecule has 2 amide bonds. The molecule has 3 rings (SSSR count). The van der Waals surface area contributed by atoms with Gasteiger partial charge >= 0.3 is 0 Å². The van der Waals surface area contributed by atoms with Crippen molar-refractivity contribution in [2.45, 2.75) is 45.1 Å². The minimum absolute atomic E-state index is 0.0174. The van der Waals surface area contributed by atoms with Gasteiger partial charge < -0.3 is 10.6 Å². The summed E-state index contributed by atoms with van der Waals surface area (Å²) in [6.45, 7) is 2.53. The van der Waals surface area contributed by atoms with Gasteiger partial charge in [0.2, 0.25) is 11.8 Å². The first-order chi connectivity index (χ1) is 14.0. The minimum atomic E-state index is -0.253. The van der Waals surface area contributed by atoms with Gasteiger partial charge in [-0.1, -0.05) is 42.5 Å². The molecule has 1 aliphatic rings. The molecule has 0 bridgehead atoms. The second-order valence-corrected chi connectivity index (χ2v) is 7.86. The highest BCUT2D eigenvalue weighted by molar-refractivity contribution is 5.81. The smallest absolute Gasteiger partial charge is 0.223 e. The lowest BCUT2D eigenvalue weighted by Crippen LogP contribution is -2.38.